The van der Waals surface area contributed by atoms with Gasteiger partial charge in [0.1, 0.15) is 11.5 Å². The number of hydrogen-bond donors (Lipinski definition) is 0. The number of benzene rings is 2. The molecule has 0 bridgehead atoms. The molecule has 0 N–H and O–H groups in total. The summed E-state index contributed by atoms with van der Waals surface area (Å²) in [5.41, 5.74) is 0.960. The van der Waals surface area contributed by atoms with Crippen molar-refractivity contribution in [2.45, 2.75) is 6.42 Å². The zero-order valence-electron chi connectivity index (χ0n) is 12.3. The molecule has 22 heavy (non-hydrogen) atoms. The van der Waals surface area contributed by atoms with Crippen LogP contribution in [0.2, 0.25) is 0 Å². The van der Waals surface area contributed by atoms with Crippen molar-refractivity contribution in [2.24, 2.45) is 0 Å². The minimum atomic E-state index is -0.254. The van der Waals surface area contributed by atoms with Crippen molar-refractivity contribution in [3.05, 3.63) is 57.2 Å². The van der Waals surface area contributed by atoms with Crippen LogP contribution in [-0.4, -0.2) is 25.8 Å². The molecule has 0 fully saturated rings. The molecule has 0 aliphatic heterocycles. The molecule has 0 amide bonds. The second kappa shape index (κ2) is 7.40. The van der Waals surface area contributed by atoms with E-state index >= 15 is 0 Å². The summed E-state index contributed by atoms with van der Waals surface area (Å²) >= 11 is 2.04. The number of ether oxygens (including phenoxy) is 2. The predicted octanol–water partition coefficient (Wildman–Crippen LogP) is 3.76. The van der Waals surface area contributed by atoms with Gasteiger partial charge in [-0.2, -0.15) is 0 Å². The summed E-state index contributed by atoms with van der Waals surface area (Å²) in [4.78, 5) is 24.6. The van der Waals surface area contributed by atoms with Crippen LogP contribution in [0.15, 0.2) is 42.5 Å². The molecule has 5 heteroatoms. The van der Waals surface area contributed by atoms with Crippen LogP contribution < -0.4 is 9.47 Å². The fraction of sp³-hybridized carbons (Fsp3) is 0.176. The molecule has 0 spiro atoms. The molecule has 0 saturated heterocycles. The molecule has 0 aromatic heterocycles. The van der Waals surface area contributed by atoms with Crippen molar-refractivity contribution < 1.29 is 19.1 Å². The summed E-state index contributed by atoms with van der Waals surface area (Å²) in [5.74, 6) is 0.613. The Labute approximate surface area is 142 Å². The summed E-state index contributed by atoms with van der Waals surface area (Å²) in [7, 11) is 3.05. The second-order valence-electron chi connectivity index (χ2n) is 4.58. The average molecular weight is 410 g/mol. The molecule has 0 saturated carbocycles. The molecular weight excluding hydrogens is 395 g/mol. The molecule has 0 aliphatic carbocycles. The molecule has 114 valence electrons. The van der Waals surface area contributed by atoms with E-state index in [0.717, 1.165) is 0 Å². The topological polar surface area (TPSA) is 52.6 Å². The van der Waals surface area contributed by atoms with Crippen molar-refractivity contribution in [1.29, 1.82) is 0 Å². The first-order valence-corrected chi connectivity index (χ1v) is 7.67. The fourth-order valence-corrected chi connectivity index (χ4v) is 2.84. The van der Waals surface area contributed by atoms with Gasteiger partial charge in [0.2, 0.25) is 0 Å². The fourth-order valence-electron chi connectivity index (χ4n) is 2.01. The number of rotatable bonds is 6. The van der Waals surface area contributed by atoms with Crippen molar-refractivity contribution >= 4 is 34.2 Å². The number of halogens is 1. The molecule has 0 aliphatic rings. The van der Waals surface area contributed by atoms with Gasteiger partial charge in [-0.15, -0.1) is 0 Å². The summed E-state index contributed by atoms with van der Waals surface area (Å²) in [6, 6.07) is 12.1. The first-order chi connectivity index (χ1) is 10.6. The summed E-state index contributed by atoms with van der Waals surface area (Å²) in [6.07, 6.45) is -0.184. The highest BCUT2D eigenvalue weighted by atomic mass is 127. The summed E-state index contributed by atoms with van der Waals surface area (Å²) < 4.78 is 11.1. The van der Waals surface area contributed by atoms with E-state index in [1.165, 1.54) is 14.2 Å². The second-order valence-corrected chi connectivity index (χ2v) is 5.66. The van der Waals surface area contributed by atoms with Gasteiger partial charge in [0.25, 0.3) is 0 Å². The van der Waals surface area contributed by atoms with Gasteiger partial charge in [-0.3, -0.25) is 9.59 Å². The minimum absolute atomic E-state index is 0.184. The van der Waals surface area contributed by atoms with E-state index in [1.54, 1.807) is 36.4 Å². The van der Waals surface area contributed by atoms with E-state index in [-0.39, 0.29) is 18.0 Å². The molecule has 2 rings (SSSR count). The molecule has 2 aromatic rings. The largest absolute Gasteiger partial charge is 0.497 e. The van der Waals surface area contributed by atoms with Gasteiger partial charge >= 0.3 is 0 Å². The van der Waals surface area contributed by atoms with E-state index < -0.39 is 0 Å². The number of hydrogen-bond acceptors (Lipinski definition) is 4. The van der Waals surface area contributed by atoms with Crippen molar-refractivity contribution in [1.82, 2.24) is 0 Å². The number of Topliss-reactive ketones (excluding diaryl/α,β-unsaturated/α-hetero) is 2. The number of ketones is 2. The van der Waals surface area contributed by atoms with E-state index in [9.17, 15) is 9.59 Å². The number of carbonyl (C=O) groups is 2. The molecule has 0 unspecified atom stereocenters. The monoisotopic (exact) mass is 410 g/mol. The molecule has 0 heterocycles. The van der Waals surface area contributed by atoms with Crippen molar-refractivity contribution in [2.75, 3.05) is 14.2 Å². The minimum Gasteiger partial charge on any atom is -0.497 e. The highest BCUT2D eigenvalue weighted by molar-refractivity contribution is 14.1. The zero-order chi connectivity index (χ0) is 16.1. The highest BCUT2D eigenvalue weighted by Gasteiger charge is 2.19. The van der Waals surface area contributed by atoms with E-state index in [4.69, 9.17) is 9.47 Å². The Morgan fingerprint density at radius 3 is 2.27 bits per heavy atom. The Morgan fingerprint density at radius 1 is 1.00 bits per heavy atom. The summed E-state index contributed by atoms with van der Waals surface area (Å²) in [6.45, 7) is 0. The Morgan fingerprint density at radius 2 is 1.68 bits per heavy atom. The lowest BCUT2D eigenvalue weighted by atomic mass is 10.0. The van der Waals surface area contributed by atoms with Gasteiger partial charge in [0.15, 0.2) is 11.6 Å². The lowest BCUT2D eigenvalue weighted by Gasteiger charge is -2.11. The van der Waals surface area contributed by atoms with Crippen LogP contribution in [-0.2, 0) is 0 Å². The third-order valence-electron chi connectivity index (χ3n) is 3.19. The number of methoxy groups -OCH3 is 2. The Bertz CT molecular complexity index is 695. The van der Waals surface area contributed by atoms with E-state index in [2.05, 4.69) is 0 Å². The van der Waals surface area contributed by atoms with Gasteiger partial charge in [-0.05, 0) is 28.7 Å². The summed E-state index contributed by atoms with van der Waals surface area (Å²) in [5, 5.41) is 0. The highest BCUT2D eigenvalue weighted by Crippen LogP contribution is 2.31. The van der Waals surface area contributed by atoms with E-state index in [1.807, 2.05) is 28.7 Å². The normalized spacial score (nSPS) is 10.1. The Hall–Kier alpha value is -1.89. The van der Waals surface area contributed by atoms with Crippen LogP contribution in [0.5, 0.6) is 11.5 Å². The van der Waals surface area contributed by atoms with Gasteiger partial charge in [0.05, 0.1) is 24.2 Å². The van der Waals surface area contributed by atoms with Crippen LogP contribution in [0.4, 0.5) is 0 Å². The lowest BCUT2D eigenvalue weighted by Crippen LogP contribution is -2.10. The molecular formula is C17H15IO4. The van der Waals surface area contributed by atoms with Crippen LogP contribution in [0.3, 0.4) is 0 Å². The van der Waals surface area contributed by atoms with Crippen LogP contribution in [0.25, 0.3) is 0 Å². The van der Waals surface area contributed by atoms with Crippen molar-refractivity contribution in [3.8, 4) is 11.5 Å². The molecule has 0 radical (unpaired) electrons. The third-order valence-corrected chi connectivity index (χ3v) is 4.30. The van der Waals surface area contributed by atoms with Gasteiger partial charge in [0, 0.05) is 17.2 Å². The smallest absolute Gasteiger partial charge is 0.171 e. The first kappa shape index (κ1) is 16.5. The molecule has 2 aromatic carbocycles. The quantitative estimate of drug-likeness (QED) is 0.414. The lowest BCUT2D eigenvalue weighted by molar-refractivity contribution is 0.0893. The molecule has 0 atom stereocenters. The average Bonchev–Trinajstić information content (AvgIpc) is 2.55. The maximum absolute atomic E-state index is 12.4. The third kappa shape index (κ3) is 3.65. The Balaban J connectivity index is 2.28. The molecule has 4 nitrogen and oxygen atoms in total. The first-order valence-electron chi connectivity index (χ1n) is 6.59. The maximum atomic E-state index is 12.4. The SMILES string of the molecule is COc1cc(OC)c(I)c(C(=O)CC(=O)c2ccccc2)c1. The zero-order valence-corrected chi connectivity index (χ0v) is 14.4. The van der Waals surface area contributed by atoms with Gasteiger partial charge in [-0.1, -0.05) is 30.3 Å². The predicted molar refractivity (Wildman–Crippen MR) is 92.0 cm³/mol. The van der Waals surface area contributed by atoms with Crippen LogP contribution in [0, 0.1) is 3.57 Å². The van der Waals surface area contributed by atoms with Gasteiger partial charge < -0.3 is 9.47 Å². The van der Waals surface area contributed by atoms with Crippen LogP contribution in [0.1, 0.15) is 27.1 Å². The maximum Gasteiger partial charge on any atom is 0.171 e. The van der Waals surface area contributed by atoms with Gasteiger partial charge in [-0.25, -0.2) is 0 Å². The number of carbonyl (C=O) groups excluding carboxylic acids is 2. The van der Waals surface area contributed by atoms with Crippen LogP contribution >= 0.6 is 22.6 Å². The standard InChI is InChI=1S/C17H15IO4/c1-21-12-8-13(17(18)16(9-12)22-2)15(20)10-14(19)11-6-4-3-5-7-11/h3-9H,10H2,1-2H3. The Kier molecular flexibility index (Phi) is 5.54. The van der Waals surface area contributed by atoms with Crippen molar-refractivity contribution in [3.63, 3.8) is 0 Å². The van der Waals surface area contributed by atoms with E-state index in [0.29, 0.717) is 26.2 Å².